The molecule has 0 aliphatic heterocycles. The van der Waals surface area contributed by atoms with Crippen LogP contribution in [0.3, 0.4) is 0 Å². The van der Waals surface area contributed by atoms with Crippen LogP contribution in [0.25, 0.3) is 10.8 Å². The Hall–Kier alpha value is -1.90. The minimum Gasteiger partial charge on any atom is -0.410 e. The van der Waals surface area contributed by atoms with E-state index in [9.17, 15) is 0 Å². The third-order valence-corrected chi connectivity index (χ3v) is 5.35. The van der Waals surface area contributed by atoms with E-state index in [-0.39, 0.29) is 6.10 Å². The number of hydrogen-bond acceptors (Lipinski definition) is 1. The molecule has 0 aliphatic rings. The Morgan fingerprint density at radius 3 is 2.08 bits per heavy atom. The average Bonchev–Trinajstić information content (AvgIpc) is 2.59. The van der Waals surface area contributed by atoms with E-state index in [0.717, 1.165) is 0 Å². The van der Waals surface area contributed by atoms with Crippen molar-refractivity contribution in [1.29, 1.82) is 0 Å². The van der Waals surface area contributed by atoms with Crippen molar-refractivity contribution in [1.82, 2.24) is 0 Å². The van der Waals surface area contributed by atoms with Crippen LogP contribution >= 0.6 is 0 Å². The van der Waals surface area contributed by atoms with Crippen LogP contribution in [0.5, 0.6) is 0 Å². The van der Waals surface area contributed by atoms with Crippen LogP contribution in [-0.4, -0.2) is 8.32 Å². The van der Waals surface area contributed by atoms with Crippen molar-refractivity contribution in [3.8, 4) is 0 Å². The molecule has 2 heteroatoms. The number of fused-ring (bicyclic) bond motifs is 1. The molecule has 1 nitrogen and oxygen atoms in total. The summed E-state index contributed by atoms with van der Waals surface area (Å²) in [5, 5.41) is 2.57. The fourth-order valence-corrected chi connectivity index (χ4v) is 4.34. The van der Waals surface area contributed by atoms with Crippen molar-refractivity contribution in [2.45, 2.75) is 38.6 Å². The first-order chi connectivity index (χ1) is 11.5. The Morgan fingerprint density at radius 1 is 0.750 bits per heavy atom. The van der Waals surface area contributed by atoms with Gasteiger partial charge in [0.05, 0.1) is 6.10 Å². The maximum Gasteiger partial charge on any atom is 0.184 e. The molecule has 3 aromatic rings. The van der Waals surface area contributed by atoms with Crippen LogP contribution in [0.1, 0.15) is 30.1 Å². The summed E-state index contributed by atoms with van der Waals surface area (Å²) in [4.78, 5) is 0. The maximum atomic E-state index is 6.69. The second kappa shape index (κ2) is 6.92. The third kappa shape index (κ3) is 3.77. The Balaban J connectivity index is 2.10. The smallest absolute Gasteiger partial charge is 0.184 e. The van der Waals surface area contributed by atoms with Gasteiger partial charge in [0.15, 0.2) is 8.32 Å². The molecule has 0 unspecified atom stereocenters. The lowest BCUT2D eigenvalue weighted by Gasteiger charge is -2.32. The predicted octanol–water partition coefficient (Wildman–Crippen LogP) is 6.54. The highest BCUT2D eigenvalue weighted by Crippen LogP contribution is 2.39. The minimum atomic E-state index is -1.69. The standard InChI is InChI=1S/C22H26OSi/c1-17(18-11-6-5-7-12-18)22(23-24(2,3)4)21-16-10-14-19-13-8-9-15-20(19)21/h5-17,22H,1-4H3/t17-,22-/m0/s1. The van der Waals surface area contributed by atoms with Gasteiger partial charge in [-0.15, -0.1) is 0 Å². The molecule has 0 aromatic heterocycles. The van der Waals surface area contributed by atoms with E-state index >= 15 is 0 Å². The van der Waals surface area contributed by atoms with Crippen LogP contribution in [-0.2, 0) is 4.43 Å². The van der Waals surface area contributed by atoms with Gasteiger partial charge >= 0.3 is 0 Å². The van der Waals surface area contributed by atoms with Crippen molar-refractivity contribution < 1.29 is 4.43 Å². The number of hydrogen-bond donors (Lipinski definition) is 0. The van der Waals surface area contributed by atoms with Gasteiger partial charge < -0.3 is 4.43 Å². The van der Waals surface area contributed by atoms with Gasteiger partial charge in [-0.05, 0) is 41.5 Å². The fourth-order valence-electron chi connectivity index (χ4n) is 3.25. The third-order valence-electron chi connectivity index (χ3n) is 4.39. The highest BCUT2D eigenvalue weighted by molar-refractivity contribution is 6.69. The molecule has 3 aromatic carbocycles. The summed E-state index contributed by atoms with van der Waals surface area (Å²) in [7, 11) is -1.69. The van der Waals surface area contributed by atoms with E-state index in [1.54, 1.807) is 0 Å². The van der Waals surface area contributed by atoms with E-state index < -0.39 is 8.32 Å². The normalized spacial score (nSPS) is 14.5. The lowest BCUT2D eigenvalue weighted by Crippen LogP contribution is -2.30. The fraction of sp³-hybridized carbons (Fsp3) is 0.273. The van der Waals surface area contributed by atoms with Crippen molar-refractivity contribution in [3.63, 3.8) is 0 Å². The van der Waals surface area contributed by atoms with Gasteiger partial charge in [0, 0.05) is 5.92 Å². The average molecular weight is 335 g/mol. The highest BCUT2D eigenvalue weighted by Gasteiger charge is 2.28. The lowest BCUT2D eigenvalue weighted by molar-refractivity contribution is 0.172. The molecule has 124 valence electrons. The molecular weight excluding hydrogens is 308 g/mol. The van der Waals surface area contributed by atoms with Gasteiger partial charge in [-0.3, -0.25) is 0 Å². The number of rotatable bonds is 5. The van der Waals surface area contributed by atoms with Crippen LogP contribution in [0.15, 0.2) is 72.8 Å². The molecule has 0 amide bonds. The highest BCUT2D eigenvalue weighted by atomic mass is 28.4. The molecule has 3 rings (SSSR count). The zero-order valence-corrected chi connectivity index (χ0v) is 16.0. The van der Waals surface area contributed by atoms with E-state index in [2.05, 4.69) is 99.4 Å². The zero-order chi connectivity index (χ0) is 17.2. The van der Waals surface area contributed by atoms with Gasteiger partial charge in [0.2, 0.25) is 0 Å². The van der Waals surface area contributed by atoms with Crippen molar-refractivity contribution in [2.75, 3.05) is 0 Å². The van der Waals surface area contributed by atoms with E-state index in [4.69, 9.17) is 4.43 Å². The Kier molecular flexibility index (Phi) is 4.88. The maximum absolute atomic E-state index is 6.69. The van der Waals surface area contributed by atoms with Gasteiger partial charge in [-0.25, -0.2) is 0 Å². The minimum absolute atomic E-state index is 0.0742. The van der Waals surface area contributed by atoms with Gasteiger partial charge in [0.1, 0.15) is 0 Å². The molecule has 0 bridgehead atoms. The first kappa shape index (κ1) is 16.9. The van der Waals surface area contributed by atoms with Gasteiger partial charge in [0.25, 0.3) is 0 Å². The molecule has 0 saturated heterocycles. The molecule has 0 spiro atoms. The zero-order valence-electron chi connectivity index (χ0n) is 15.0. The summed E-state index contributed by atoms with van der Waals surface area (Å²) < 4.78 is 6.69. The summed E-state index contributed by atoms with van der Waals surface area (Å²) in [5.41, 5.74) is 2.63. The Morgan fingerprint density at radius 2 is 1.38 bits per heavy atom. The molecule has 24 heavy (non-hydrogen) atoms. The summed E-state index contributed by atoms with van der Waals surface area (Å²) >= 11 is 0. The van der Waals surface area contributed by atoms with Crippen molar-refractivity contribution in [3.05, 3.63) is 83.9 Å². The largest absolute Gasteiger partial charge is 0.410 e. The second-order valence-corrected chi connectivity index (χ2v) is 11.9. The molecule has 0 N–H and O–H groups in total. The molecular formula is C22H26OSi. The molecule has 0 fully saturated rings. The second-order valence-electron chi connectivity index (χ2n) is 7.42. The molecule has 0 heterocycles. The molecule has 0 saturated carbocycles. The topological polar surface area (TPSA) is 9.23 Å². The van der Waals surface area contributed by atoms with Crippen LogP contribution in [0.4, 0.5) is 0 Å². The summed E-state index contributed by atoms with van der Waals surface area (Å²) in [6.07, 6.45) is 0.0742. The van der Waals surface area contributed by atoms with E-state index in [1.165, 1.54) is 21.9 Å². The Bertz CT molecular complexity index is 800. The summed E-state index contributed by atoms with van der Waals surface area (Å²) in [6.45, 7) is 9.08. The molecule has 2 atom stereocenters. The summed E-state index contributed by atoms with van der Waals surface area (Å²) in [5.74, 6) is 0.309. The number of benzene rings is 3. The molecule has 0 aliphatic carbocycles. The molecule has 0 radical (unpaired) electrons. The van der Waals surface area contributed by atoms with Gasteiger partial charge in [-0.2, -0.15) is 0 Å². The first-order valence-corrected chi connectivity index (χ1v) is 12.1. The summed E-state index contributed by atoms with van der Waals surface area (Å²) in [6, 6.07) is 25.9. The van der Waals surface area contributed by atoms with Crippen LogP contribution in [0, 0.1) is 0 Å². The van der Waals surface area contributed by atoms with Crippen molar-refractivity contribution in [2.24, 2.45) is 0 Å². The van der Waals surface area contributed by atoms with Crippen LogP contribution in [0.2, 0.25) is 19.6 Å². The monoisotopic (exact) mass is 334 g/mol. The first-order valence-electron chi connectivity index (χ1n) is 8.66. The Labute approximate surface area is 146 Å². The van der Waals surface area contributed by atoms with Crippen LogP contribution < -0.4 is 0 Å². The SMILES string of the molecule is C[C@@H](c1ccccc1)[C@H](O[Si](C)(C)C)c1cccc2ccccc12. The predicted molar refractivity (Wildman–Crippen MR) is 106 cm³/mol. The lowest BCUT2D eigenvalue weighted by atomic mass is 9.88. The van der Waals surface area contributed by atoms with E-state index in [0.29, 0.717) is 5.92 Å². The quantitative estimate of drug-likeness (QED) is 0.482. The van der Waals surface area contributed by atoms with Crippen molar-refractivity contribution >= 4 is 19.1 Å². The van der Waals surface area contributed by atoms with E-state index in [1.807, 2.05) is 0 Å². The van der Waals surface area contributed by atoms with Gasteiger partial charge in [-0.1, -0.05) is 79.7 Å².